The Hall–Kier alpha value is -1.62. The van der Waals surface area contributed by atoms with E-state index in [1.165, 1.54) is 0 Å². The predicted octanol–water partition coefficient (Wildman–Crippen LogP) is 1.93. The summed E-state index contributed by atoms with van der Waals surface area (Å²) in [4.78, 5) is 15.2. The van der Waals surface area contributed by atoms with Crippen LogP contribution in [-0.2, 0) is 4.74 Å². The van der Waals surface area contributed by atoms with Crippen LogP contribution in [0.4, 0.5) is 5.82 Å². The number of carbonyl (C=O) groups is 1. The maximum Gasteiger partial charge on any atom is 0.339 e. The van der Waals surface area contributed by atoms with Gasteiger partial charge in [0.25, 0.3) is 0 Å². The Bertz CT molecular complexity index is 416. The van der Waals surface area contributed by atoms with Crippen molar-refractivity contribution in [3.05, 3.63) is 23.4 Å². The molecule has 0 aliphatic rings. The molecule has 94 valence electrons. The number of carboxylic acid groups (broad SMARTS) is 1. The number of hydrogen-bond acceptors (Lipinski definition) is 4. The van der Waals surface area contributed by atoms with Crippen molar-refractivity contribution >= 4 is 11.8 Å². The molecule has 5 nitrogen and oxygen atoms in total. The molecule has 0 amide bonds. The van der Waals surface area contributed by atoms with E-state index in [-0.39, 0.29) is 11.2 Å². The Morgan fingerprint density at radius 1 is 1.53 bits per heavy atom. The van der Waals surface area contributed by atoms with Gasteiger partial charge < -0.3 is 15.2 Å². The monoisotopic (exact) mass is 238 g/mol. The number of nitrogens with one attached hydrogen (secondary N) is 1. The van der Waals surface area contributed by atoms with Gasteiger partial charge in [-0.3, -0.25) is 0 Å². The fraction of sp³-hybridized carbons (Fsp3) is 0.500. The molecule has 2 N–H and O–H groups in total. The second kappa shape index (κ2) is 5.14. The summed E-state index contributed by atoms with van der Waals surface area (Å²) in [6.45, 7) is 6.13. The van der Waals surface area contributed by atoms with Crippen LogP contribution in [0.1, 0.15) is 29.9 Å². The van der Waals surface area contributed by atoms with Gasteiger partial charge in [0.05, 0.1) is 5.60 Å². The third-order valence-electron chi connectivity index (χ3n) is 2.50. The molecular formula is C12H18N2O3. The molecule has 0 radical (unpaired) electrons. The van der Waals surface area contributed by atoms with Crippen molar-refractivity contribution in [1.29, 1.82) is 0 Å². The Morgan fingerprint density at radius 3 is 2.71 bits per heavy atom. The van der Waals surface area contributed by atoms with Gasteiger partial charge in [0.1, 0.15) is 11.4 Å². The summed E-state index contributed by atoms with van der Waals surface area (Å²) in [5, 5.41) is 12.0. The smallest absolute Gasteiger partial charge is 0.339 e. The normalized spacial score (nSPS) is 11.3. The van der Waals surface area contributed by atoms with Crippen LogP contribution in [-0.4, -0.2) is 35.3 Å². The van der Waals surface area contributed by atoms with E-state index in [0.29, 0.717) is 12.4 Å². The summed E-state index contributed by atoms with van der Waals surface area (Å²) in [5.41, 5.74) is 0.566. The lowest BCUT2D eigenvalue weighted by Crippen LogP contribution is -2.32. The Labute approximate surface area is 101 Å². The van der Waals surface area contributed by atoms with E-state index in [1.807, 2.05) is 20.8 Å². The molecule has 17 heavy (non-hydrogen) atoms. The third-order valence-corrected chi connectivity index (χ3v) is 2.50. The number of carboxylic acids is 1. The summed E-state index contributed by atoms with van der Waals surface area (Å²) in [5.74, 6) is -0.613. The average molecular weight is 238 g/mol. The maximum atomic E-state index is 11.0. The first-order chi connectivity index (χ1) is 7.85. The average Bonchev–Trinajstić information content (AvgIpc) is 2.26. The number of pyridine rings is 1. The van der Waals surface area contributed by atoms with Crippen molar-refractivity contribution < 1.29 is 14.6 Å². The first-order valence-electron chi connectivity index (χ1n) is 5.36. The maximum absolute atomic E-state index is 11.0. The van der Waals surface area contributed by atoms with Gasteiger partial charge in [-0.15, -0.1) is 0 Å². The fourth-order valence-corrected chi connectivity index (χ4v) is 1.23. The van der Waals surface area contributed by atoms with Crippen molar-refractivity contribution in [3.8, 4) is 0 Å². The lowest BCUT2D eigenvalue weighted by atomic mass is 10.1. The Kier molecular flexibility index (Phi) is 4.07. The van der Waals surface area contributed by atoms with Gasteiger partial charge in [0, 0.05) is 19.3 Å². The number of hydrogen-bond donors (Lipinski definition) is 2. The zero-order valence-electron chi connectivity index (χ0n) is 10.6. The van der Waals surface area contributed by atoms with Crippen LogP contribution >= 0.6 is 0 Å². The highest BCUT2D eigenvalue weighted by atomic mass is 16.5. The SMILES string of the molecule is COC(C)(C)CNc1nc(C)ccc1C(=O)O. The molecular weight excluding hydrogens is 220 g/mol. The van der Waals surface area contributed by atoms with Gasteiger partial charge in [-0.1, -0.05) is 0 Å². The highest BCUT2D eigenvalue weighted by Crippen LogP contribution is 2.15. The number of aryl methyl sites for hydroxylation is 1. The molecule has 0 aliphatic carbocycles. The molecule has 1 heterocycles. The number of aromatic carboxylic acids is 1. The zero-order chi connectivity index (χ0) is 13.1. The molecule has 0 spiro atoms. The van der Waals surface area contributed by atoms with Crippen LogP contribution in [0.2, 0.25) is 0 Å². The van der Waals surface area contributed by atoms with E-state index in [4.69, 9.17) is 9.84 Å². The van der Waals surface area contributed by atoms with Crippen molar-refractivity contribution in [1.82, 2.24) is 4.98 Å². The molecule has 0 unspecified atom stereocenters. The summed E-state index contributed by atoms with van der Waals surface area (Å²) < 4.78 is 5.25. The minimum Gasteiger partial charge on any atom is -0.478 e. The van der Waals surface area contributed by atoms with E-state index in [9.17, 15) is 4.79 Å². The summed E-state index contributed by atoms with van der Waals surface area (Å²) in [7, 11) is 1.61. The number of rotatable bonds is 5. The molecule has 1 aromatic rings. The van der Waals surface area contributed by atoms with Gasteiger partial charge in [-0.25, -0.2) is 9.78 Å². The topological polar surface area (TPSA) is 71.5 Å². The van der Waals surface area contributed by atoms with E-state index in [1.54, 1.807) is 19.2 Å². The first kappa shape index (κ1) is 13.4. The highest BCUT2D eigenvalue weighted by Gasteiger charge is 2.18. The molecule has 0 fully saturated rings. The standard InChI is InChI=1S/C12H18N2O3/c1-8-5-6-9(11(15)16)10(14-8)13-7-12(2,3)17-4/h5-6H,7H2,1-4H3,(H,13,14)(H,15,16). The van der Waals surface area contributed by atoms with E-state index < -0.39 is 5.97 Å². The third kappa shape index (κ3) is 3.71. The van der Waals surface area contributed by atoms with Crippen molar-refractivity contribution in [2.45, 2.75) is 26.4 Å². The second-order valence-corrected chi connectivity index (χ2v) is 4.47. The molecule has 0 saturated heterocycles. The predicted molar refractivity (Wildman–Crippen MR) is 65.5 cm³/mol. The number of aromatic nitrogens is 1. The van der Waals surface area contributed by atoms with Crippen LogP contribution in [0.5, 0.6) is 0 Å². The molecule has 0 bridgehead atoms. The number of anilines is 1. The fourth-order valence-electron chi connectivity index (χ4n) is 1.23. The summed E-state index contributed by atoms with van der Waals surface area (Å²) >= 11 is 0. The molecule has 1 aromatic heterocycles. The van der Waals surface area contributed by atoms with Crippen LogP contribution in [0, 0.1) is 6.92 Å². The molecule has 0 aromatic carbocycles. The largest absolute Gasteiger partial charge is 0.478 e. The number of ether oxygens (including phenoxy) is 1. The molecule has 5 heteroatoms. The second-order valence-electron chi connectivity index (χ2n) is 4.47. The molecule has 1 rings (SSSR count). The van der Waals surface area contributed by atoms with Crippen LogP contribution in [0.15, 0.2) is 12.1 Å². The minimum atomic E-state index is -0.991. The van der Waals surface area contributed by atoms with Crippen molar-refractivity contribution in [2.75, 3.05) is 19.0 Å². The van der Waals surface area contributed by atoms with E-state index >= 15 is 0 Å². The number of methoxy groups -OCH3 is 1. The van der Waals surface area contributed by atoms with E-state index in [2.05, 4.69) is 10.3 Å². The van der Waals surface area contributed by atoms with Crippen molar-refractivity contribution in [2.24, 2.45) is 0 Å². The Morgan fingerprint density at radius 2 is 2.18 bits per heavy atom. The molecule has 0 saturated carbocycles. The van der Waals surface area contributed by atoms with Gasteiger partial charge in [0.15, 0.2) is 0 Å². The first-order valence-corrected chi connectivity index (χ1v) is 5.36. The summed E-state index contributed by atoms with van der Waals surface area (Å²) in [6, 6.07) is 3.23. The minimum absolute atomic E-state index is 0.169. The molecule has 0 aliphatic heterocycles. The van der Waals surface area contributed by atoms with Crippen LogP contribution in [0.3, 0.4) is 0 Å². The van der Waals surface area contributed by atoms with Crippen molar-refractivity contribution in [3.63, 3.8) is 0 Å². The zero-order valence-corrected chi connectivity index (χ0v) is 10.6. The van der Waals surface area contributed by atoms with Gasteiger partial charge in [-0.2, -0.15) is 0 Å². The lowest BCUT2D eigenvalue weighted by molar-refractivity contribution is 0.0342. The lowest BCUT2D eigenvalue weighted by Gasteiger charge is -2.23. The number of nitrogens with zero attached hydrogens (tertiary/aromatic N) is 1. The Balaban J connectivity index is 2.89. The van der Waals surface area contributed by atoms with Gasteiger partial charge in [-0.05, 0) is 32.9 Å². The molecule has 0 atom stereocenters. The quantitative estimate of drug-likeness (QED) is 0.820. The highest BCUT2D eigenvalue weighted by molar-refractivity contribution is 5.93. The van der Waals surface area contributed by atoms with Gasteiger partial charge >= 0.3 is 5.97 Å². The summed E-state index contributed by atoms with van der Waals surface area (Å²) in [6.07, 6.45) is 0. The van der Waals surface area contributed by atoms with E-state index in [0.717, 1.165) is 5.69 Å². The van der Waals surface area contributed by atoms with Crippen LogP contribution < -0.4 is 5.32 Å². The van der Waals surface area contributed by atoms with Crippen LogP contribution in [0.25, 0.3) is 0 Å². The van der Waals surface area contributed by atoms with Gasteiger partial charge in [0.2, 0.25) is 0 Å².